The molecule has 18 heavy (non-hydrogen) atoms. The van der Waals surface area contributed by atoms with Crippen LogP contribution in [0.3, 0.4) is 0 Å². The Hall–Kier alpha value is -1.25. The van der Waals surface area contributed by atoms with Gasteiger partial charge < -0.3 is 9.72 Å². The molecule has 0 aromatic carbocycles. The fourth-order valence-corrected chi connectivity index (χ4v) is 1.95. The normalized spacial score (nSPS) is 10.5. The minimum absolute atomic E-state index is 0.136. The molecule has 0 saturated heterocycles. The van der Waals surface area contributed by atoms with Crippen molar-refractivity contribution in [3.63, 3.8) is 0 Å². The van der Waals surface area contributed by atoms with E-state index in [1.165, 1.54) is 38.5 Å². The highest BCUT2D eigenvalue weighted by Gasteiger charge is 2.04. The molecular formula is C15H25NO2. The molecule has 0 aliphatic rings. The zero-order valence-corrected chi connectivity index (χ0v) is 11.4. The summed E-state index contributed by atoms with van der Waals surface area (Å²) in [5.41, 5.74) is 0. The maximum atomic E-state index is 11.4. The van der Waals surface area contributed by atoms with E-state index in [4.69, 9.17) is 4.74 Å². The number of hydrogen-bond donors (Lipinski definition) is 1. The lowest BCUT2D eigenvalue weighted by molar-refractivity contribution is -0.134. The number of unbranched alkanes of at least 4 members (excludes halogenated alkanes) is 7. The summed E-state index contributed by atoms with van der Waals surface area (Å²) in [5.74, 6) is 0.406. The van der Waals surface area contributed by atoms with Crippen LogP contribution in [-0.2, 0) is 4.79 Å². The first-order valence-electron chi connectivity index (χ1n) is 7.17. The molecule has 0 amide bonds. The van der Waals surface area contributed by atoms with Gasteiger partial charge in [-0.2, -0.15) is 0 Å². The van der Waals surface area contributed by atoms with Gasteiger partial charge in [-0.3, -0.25) is 4.79 Å². The van der Waals surface area contributed by atoms with Gasteiger partial charge in [0.2, 0.25) is 5.88 Å². The van der Waals surface area contributed by atoms with E-state index in [0.29, 0.717) is 12.3 Å². The van der Waals surface area contributed by atoms with Gasteiger partial charge in [0.25, 0.3) is 0 Å². The first-order chi connectivity index (χ1) is 8.83. The van der Waals surface area contributed by atoms with E-state index in [1.807, 2.05) is 6.07 Å². The van der Waals surface area contributed by atoms with E-state index in [1.54, 1.807) is 12.3 Å². The van der Waals surface area contributed by atoms with Gasteiger partial charge in [-0.25, -0.2) is 0 Å². The number of H-pyrrole nitrogens is 1. The number of carbonyl (C=O) groups is 1. The number of carbonyl (C=O) groups excluding carboxylic acids is 1. The maximum absolute atomic E-state index is 11.4. The highest BCUT2D eigenvalue weighted by atomic mass is 16.5. The molecule has 1 aromatic heterocycles. The van der Waals surface area contributed by atoms with Crippen molar-refractivity contribution in [2.24, 2.45) is 0 Å². The van der Waals surface area contributed by atoms with E-state index in [-0.39, 0.29) is 5.97 Å². The molecule has 0 saturated carbocycles. The minimum Gasteiger partial charge on any atom is -0.410 e. The third-order valence-corrected chi connectivity index (χ3v) is 3.03. The number of ether oxygens (including phenoxy) is 1. The quantitative estimate of drug-likeness (QED) is 0.493. The van der Waals surface area contributed by atoms with Crippen LogP contribution in [-0.4, -0.2) is 11.0 Å². The monoisotopic (exact) mass is 251 g/mol. The lowest BCUT2D eigenvalue weighted by atomic mass is 10.1. The smallest absolute Gasteiger partial charge is 0.312 e. The molecule has 0 aliphatic carbocycles. The number of aromatic amines is 1. The van der Waals surface area contributed by atoms with Crippen LogP contribution < -0.4 is 4.74 Å². The maximum Gasteiger partial charge on any atom is 0.312 e. The van der Waals surface area contributed by atoms with Crippen molar-refractivity contribution in [2.45, 2.75) is 64.7 Å². The van der Waals surface area contributed by atoms with E-state index < -0.39 is 0 Å². The van der Waals surface area contributed by atoms with E-state index in [9.17, 15) is 4.79 Å². The number of hydrogen-bond acceptors (Lipinski definition) is 2. The second-order valence-corrected chi connectivity index (χ2v) is 4.73. The van der Waals surface area contributed by atoms with Crippen molar-refractivity contribution in [3.05, 3.63) is 18.3 Å². The molecule has 1 heterocycles. The van der Waals surface area contributed by atoms with Crippen LogP contribution in [0, 0.1) is 0 Å². The van der Waals surface area contributed by atoms with Crippen molar-refractivity contribution in [3.8, 4) is 5.88 Å². The first-order valence-corrected chi connectivity index (χ1v) is 7.17. The summed E-state index contributed by atoms with van der Waals surface area (Å²) in [7, 11) is 0. The van der Waals surface area contributed by atoms with Gasteiger partial charge in [-0.1, -0.05) is 51.9 Å². The van der Waals surface area contributed by atoms with Gasteiger partial charge in [-0.15, -0.1) is 0 Å². The summed E-state index contributed by atoms with van der Waals surface area (Å²) in [4.78, 5) is 14.3. The summed E-state index contributed by atoms with van der Waals surface area (Å²) in [6.45, 7) is 2.23. The first kappa shape index (κ1) is 14.8. The van der Waals surface area contributed by atoms with E-state index >= 15 is 0 Å². The highest BCUT2D eigenvalue weighted by molar-refractivity contribution is 5.71. The summed E-state index contributed by atoms with van der Waals surface area (Å²) >= 11 is 0. The number of aromatic nitrogens is 1. The van der Waals surface area contributed by atoms with Crippen molar-refractivity contribution >= 4 is 5.97 Å². The average molecular weight is 251 g/mol. The molecule has 0 radical (unpaired) electrons. The number of esters is 1. The van der Waals surface area contributed by atoms with Crippen molar-refractivity contribution < 1.29 is 9.53 Å². The molecule has 3 heteroatoms. The number of nitrogens with one attached hydrogen (secondary N) is 1. The highest BCUT2D eigenvalue weighted by Crippen LogP contribution is 2.11. The molecular weight excluding hydrogens is 226 g/mol. The minimum atomic E-state index is -0.136. The zero-order chi connectivity index (χ0) is 13.1. The third-order valence-electron chi connectivity index (χ3n) is 3.03. The van der Waals surface area contributed by atoms with Crippen molar-refractivity contribution in [1.82, 2.24) is 4.98 Å². The molecule has 1 rings (SSSR count). The van der Waals surface area contributed by atoms with Crippen LogP contribution in [0.5, 0.6) is 5.88 Å². The molecule has 1 N–H and O–H groups in total. The van der Waals surface area contributed by atoms with Crippen LogP contribution in [0.25, 0.3) is 0 Å². The Morgan fingerprint density at radius 1 is 1.11 bits per heavy atom. The van der Waals surface area contributed by atoms with Crippen LogP contribution in [0.2, 0.25) is 0 Å². The van der Waals surface area contributed by atoms with Gasteiger partial charge in [0, 0.05) is 18.7 Å². The summed E-state index contributed by atoms with van der Waals surface area (Å²) < 4.78 is 5.12. The van der Waals surface area contributed by atoms with Crippen LogP contribution in [0.15, 0.2) is 18.3 Å². The topological polar surface area (TPSA) is 42.1 Å². The zero-order valence-electron chi connectivity index (χ0n) is 11.4. The summed E-state index contributed by atoms with van der Waals surface area (Å²) in [5, 5.41) is 0. The standard InChI is InChI=1S/C15H25NO2/c1-2-3-4-5-6-7-8-9-12-15(17)18-14-11-10-13-16-14/h10-11,13,16H,2-9,12H2,1H3. The summed E-state index contributed by atoms with van der Waals surface area (Å²) in [6.07, 6.45) is 12.2. The second kappa shape index (κ2) is 9.75. The molecule has 0 fully saturated rings. The Morgan fingerprint density at radius 2 is 1.78 bits per heavy atom. The average Bonchev–Trinajstić information content (AvgIpc) is 2.85. The SMILES string of the molecule is CCCCCCCCCCC(=O)Oc1ccc[nH]1. The van der Waals surface area contributed by atoms with Gasteiger partial charge >= 0.3 is 5.97 Å². The second-order valence-electron chi connectivity index (χ2n) is 4.73. The molecule has 0 bridgehead atoms. The Kier molecular flexibility index (Phi) is 8.02. The molecule has 102 valence electrons. The Morgan fingerprint density at radius 3 is 2.39 bits per heavy atom. The lowest BCUT2D eigenvalue weighted by Gasteiger charge is -2.02. The third kappa shape index (κ3) is 7.15. The molecule has 3 nitrogen and oxygen atoms in total. The van der Waals surface area contributed by atoms with Crippen molar-refractivity contribution in [2.75, 3.05) is 0 Å². The lowest BCUT2D eigenvalue weighted by Crippen LogP contribution is -2.07. The summed E-state index contributed by atoms with van der Waals surface area (Å²) in [6, 6.07) is 3.57. The molecule has 0 unspecified atom stereocenters. The van der Waals surface area contributed by atoms with Gasteiger partial charge in [-0.05, 0) is 12.5 Å². The van der Waals surface area contributed by atoms with Crippen molar-refractivity contribution in [1.29, 1.82) is 0 Å². The van der Waals surface area contributed by atoms with Crippen LogP contribution >= 0.6 is 0 Å². The van der Waals surface area contributed by atoms with Crippen LogP contribution in [0.4, 0.5) is 0 Å². The largest absolute Gasteiger partial charge is 0.410 e. The van der Waals surface area contributed by atoms with E-state index in [0.717, 1.165) is 12.8 Å². The van der Waals surface area contributed by atoms with E-state index in [2.05, 4.69) is 11.9 Å². The predicted molar refractivity (Wildman–Crippen MR) is 73.7 cm³/mol. The predicted octanol–water partition coefficient (Wildman–Crippen LogP) is 4.45. The Bertz CT molecular complexity index is 306. The molecule has 1 aromatic rings. The van der Waals surface area contributed by atoms with Crippen LogP contribution in [0.1, 0.15) is 64.7 Å². The Labute approximate surface area is 110 Å². The van der Waals surface area contributed by atoms with Gasteiger partial charge in [0.05, 0.1) is 0 Å². The molecule has 0 spiro atoms. The number of rotatable bonds is 10. The molecule has 0 aliphatic heterocycles. The fraction of sp³-hybridized carbons (Fsp3) is 0.667. The Balaban J connectivity index is 1.90. The molecule has 0 atom stereocenters. The van der Waals surface area contributed by atoms with Gasteiger partial charge in [0.15, 0.2) is 0 Å². The fourth-order valence-electron chi connectivity index (χ4n) is 1.95. The van der Waals surface area contributed by atoms with Gasteiger partial charge in [0.1, 0.15) is 0 Å².